The molecule has 28 heavy (non-hydrogen) atoms. The molecule has 1 N–H and O–H groups in total. The lowest BCUT2D eigenvalue weighted by atomic mass is 10.2. The smallest absolute Gasteiger partial charge is 0.230 e. The second-order valence-corrected chi connectivity index (χ2v) is 7.82. The summed E-state index contributed by atoms with van der Waals surface area (Å²) in [7, 11) is 0. The van der Waals surface area contributed by atoms with Crippen LogP contribution in [0.5, 0.6) is 5.88 Å². The van der Waals surface area contributed by atoms with Crippen molar-refractivity contribution in [3.8, 4) is 5.88 Å². The zero-order valence-electron chi connectivity index (χ0n) is 15.4. The summed E-state index contributed by atoms with van der Waals surface area (Å²) in [5, 5.41) is 3.62. The Morgan fingerprint density at radius 2 is 2.32 bits per heavy atom. The summed E-state index contributed by atoms with van der Waals surface area (Å²) in [6.07, 6.45) is 5.56. The molecule has 1 saturated heterocycles. The molecule has 2 atom stereocenters. The highest BCUT2D eigenvalue weighted by molar-refractivity contribution is 7.15. The second-order valence-electron chi connectivity index (χ2n) is 6.74. The molecular formula is C18H19FN6O2S. The van der Waals surface area contributed by atoms with E-state index in [4.69, 9.17) is 4.74 Å². The standard InChI is InChI=1S/C18H19FN6O2S/c1-10-5-12(27-17-13-3-4-20-6-14(13)21-9-22-17)7-25(10)8-15-16(19)24-18(28-15)23-11(2)26/h3-4,6,9-10,12H,5,7-8H2,1-2H3,(H,23,24,26)/t10-,12?/m0/s1. The predicted octanol–water partition coefficient (Wildman–Crippen LogP) is 2.62. The van der Waals surface area contributed by atoms with Gasteiger partial charge in [0.05, 0.1) is 22.0 Å². The van der Waals surface area contributed by atoms with Crippen LogP contribution in [0.2, 0.25) is 0 Å². The average molecular weight is 402 g/mol. The molecule has 3 aromatic rings. The molecule has 1 aliphatic rings. The minimum absolute atomic E-state index is 0.0629. The molecule has 1 aliphatic heterocycles. The van der Waals surface area contributed by atoms with Gasteiger partial charge < -0.3 is 10.1 Å². The van der Waals surface area contributed by atoms with Gasteiger partial charge in [-0.25, -0.2) is 9.97 Å². The molecule has 0 aromatic carbocycles. The van der Waals surface area contributed by atoms with Crippen LogP contribution < -0.4 is 10.1 Å². The zero-order valence-corrected chi connectivity index (χ0v) is 16.2. The van der Waals surface area contributed by atoms with Gasteiger partial charge in [-0.15, -0.1) is 0 Å². The summed E-state index contributed by atoms with van der Waals surface area (Å²) in [5.74, 6) is -0.279. The minimum Gasteiger partial charge on any atom is -0.472 e. The molecular weight excluding hydrogens is 383 g/mol. The Kier molecular flexibility index (Phi) is 5.14. The molecule has 0 radical (unpaired) electrons. The Hall–Kier alpha value is -2.72. The third kappa shape index (κ3) is 3.92. The molecule has 146 valence electrons. The maximum atomic E-state index is 14.1. The lowest BCUT2D eigenvalue weighted by Gasteiger charge is -2.19. The van der Waals surface area contributed by atoms with Crippen molar-refractivity contribution in [3.05, 3.63) is 35.6 Å². The van der Waals surface area contributed by atoms with Crippen molar-refractivity contribution in [1.29, 1.82) is 0 Å². The molecule has 1 unspecified atom stereocenters. The summed E-state index contributed by atoms with van der Waals surface area (Å²) in [6, 6.07) is 2.04. The van der Waals surface area contributed by atoms with E-state index in [1.807, 2.05) is 6.07 Å². The summed E-state index contributed by atoms with van der Waals surface area (Å²) in [6.45, 7) is 4.51. The quantitative estimate of drug-likeness (QED) is 0.701. The number of carbonyl (C=O) groups is 1. The number of likely N-dealkylation sites (tertiary alicyclic amines) is 1. The Labute approximate surface area is 164 Å². The van der Waals surface area contributed by atoms with Crippen molar-refractivity contribution < 1.29 is 13.9 Å². The van der Waals surface area contributed by atoms with E-state index in [1.165, 1.54) is 13.3 Å². The molecule has 0 aliphatic carbocycles. The molecule has 0 spiro atoms. The molecule has 8 nitrogen and oxygen atoms in total. The van der Waals surface area contributed by atoms with Crippen LogP contribution in [0.15, 0.2) is 24.8 Å². The first-order chi connectivity index (χ1) is 13.5. The molecule has 0 bridgehead atoms. The number of rotatable bonds is 5. The van der Waals surface area contributed by atoms with Gasteiger partial charge in [-0.1, -0.05) is 11.3 Å². The van der Waals surface area contributed by atoms with Gasteiger partial charge in [0.15, 0.2) is 5.13 Å². The average Bonchev–Trinajstić information content (AvgIpc) is 3.17. The fraction of sp³-hybridized carbons (Fsp3) is 0.389. The fourth-order valence-electron chi connectivity index (χ4n) is 3.31. The van der Waals surface area contributed by atoms with E-state index in [2.05, 4.69) is 37.1 Å². The number of halogens is 1. The summed E-state index contributed by atoms with van der Waals surface area (Å²) >= 11 is 1.16. The first-order valence-electron chi connectivity index (χ1n) is 8.88. The number of nitrogens with one attached hydrogen (secondary N) is 1. The molecule has 0 saturated carbocycles. The van der Waals surface area contributed by atoms with E-state index in [0.717, 1.165) is 28.7 Å². The molecule has 10 heteroatoms. The van der Waals surface area contributed by atoms with Crippen LogP contribution in [0.3, 0.4) is 0 Å². The van der Waals surface area contributed by atoms with Gasteiger partial charge in [0.25, 0.3) is 0 Å². The normalized spacial score (nSPS) is 19.8. The van der Waals surface area contributed by atoms with Crippen molar-refractivity contribution in [2.24, 2.45) is 0 Å². The number of pyridine rings is 1. The number of hydrogen-bond acceptors (Lipinski definition) is 8. The third-order valence-electron chi connectivity index (χ3n) is 4.63. The first kappa shape index (κ1) is 18.6. The lowest BCUT2D eigenvalue weighted by molar-refractivity contribution is -0.114. The van der Waals surface area contributed by atoms with Gasteiger partial charge >= 0.3 is 0 Å². The SMILES string of the molecule is CC(=O)Nc1nc(F)c(CN2CC(Oc3ncnc4cnccc34)C[C@@H]2C)s1. The predicted molar refractivity (Wildman–Crippen MR) is 103 cm³/mol. The van der Waals surface area contributed by atoms with E-state index in [1.54, 1.807) is 12.4 Å². The van der Waals surface area contributed by atoms with E-state index in [9.17, 15) is 9.18 Å². The minimum atomic E-state index is -0.542. The number of amides is 1. The van der Waals surface area contributed by atoms with Gasteiger partial charge in [-0.2, -0.15) is 9.37 Å². The van der Waals surface area contributed by atoms with Crippen molar-refractivity contribution in [1.82, 2.24) is 24.8 Å². The van der Waals surface area contributed by atoms with Crippen molar-refractivity contribution in [3.63, 3.8) is 0 Å². The Bertz CT molecular complexity index is 1010. The van der Waals surface area contributed by atoms with Gasteiger partial charge in [0.1, 0.15) is 12.4 Å². The van der Waals surface area contributed by atoms with E-state index >= 15 is 0 Å². The van der Waals surface area contributed by atoms with E-state index < -0.39 is 5.95 Å². The summed E-state index contributed by atoms with van der Waals surface area (Å²) < 4.78 is 20.3. The van der Waals surface area contributed by atoms with E-state index in [0.29, 0.717) is 23.8 Å². The second kappa shape index (κ2) is 7.72. The molecule has 1 fully saturated rings. The van der Waals surface area contributed by atoms with Crippen molar-refractivity contribution in [2.45, 2.75) is 39.0 Å². The fourth-order valence-corrected chi connectivity index (χ4v) is 4.22. The Morgan fingerprint density at radius 1 is 1.46 bits per heavy atom. The van der Waals surface area contributed by atoms with Crippen LogP contribution in [0, 0.1) is 5.95 Å². The maximum Gasteiger partial charge on any atom is 0.230 e. The Balaban J connectivity index is 1.45. The van der Waals surface area contributed by atoms with Crippen LogP contribution in [-0.2, 0) is 11.3 Å². The molecule has 4 rings (SSSR count). The monoisotopic (exact) mass is 402 g/mol. The number of nitrogens with zero attached hydrogens (tertiary/aromatic N) is 5. The summed E-state index contributed by atoms with van der Waals surface area (Å²) in [5.41, 5.74) is 0.729. The van der Waals surface area contributed by atoms with E-state index in [-0.39, 0.29) is 23.2 Å². The largest absolute Gasteiger partial charge is 0.472 e. The zero-order chi connectivity index (χ0) is 19.7. The molecule has 3 aromatic heterocycles. The summed E-state index contributed by atoms with van der Waals surface area (Å²) in [4.78, 5) is 30.1. The van der Waals surface area contributed by atoms with Crippen molar-refractivity contribution in [2.75, 3.05) is 11.9 Å². The van der Waals surface area contributed by atoms with Crippen LogP contribution in [0.4, 0.5) is 9.52 Å². The highest BCUT2D eigenvalue weighted by atomic mass is 32.1. The maximum absolute atomic E-state index is 14.1. The van der Waals surface area contributed by atoms with Gasteiger partial charge in [0, 0.05) is 38.7 Å². The van der Waals surface area contributed by atoms with Gasteiger partial charge in [-0.3, -0.25) is 14.7 Å². The van der Waals surface area contributed by atoms with Gasteiger partial charge in [-0.05, 0) is 13.0 Å². The number of anilines is 1. The third-order valence-corrected chi connectivity index (χ3v) is 5.56. The van der Waals surface area contributed by atoms with Crippen molar-refractivity contribution >= 4 is 33.3 Å². The van der Waals surface area contributed by atoms with Crippen LogP contribution in [-0.4, -0.2) is 49.4 Å². The first-order valence-corrected chi connectivity index (χ1v) is 9.69. The number of thiazole rings is 1. The number of fused-ring (bicyclic) bond motifs is 1. The number of hydrogen-bond donors (Lipinski definition) is 1. The van der Waals surface area contributed by atoms with Crippen LogP contribution in [0.25, 0.3) is 10.9 Å². The number of aromatic nitrogens is 4. The highest BCUT2D eigenvalue weighted by Crippen LogP contribution is 2.29. The van der Waals surface area contributed by atoms with Crippen LogP contribution >= 0.6 is 11.3 Å². The molecule has 1 amide bonds. The number of ether oxygens (including phenoxy) is 1. The highest BCUT2D eigenvalue weighted by Gasteiger charge is 2.32. The topological polar surface area (TPSA) is 93.1 Å². The number of carbonyl (C=O) groups excluding carboxylic acids is 1. The lowest BCUT2D eigenvalue weighted by Crippen LogP contribution is -2.28. The molecule has 4 heterocycles. The van der Waals surface area contributed by atoms with Gasteiger partial charge in [0.2, 0.25) is 17.7 Å². The van der Waals surface area contributed by atoms with Crippen LogP contribution in [0.1, 0.15) is 25.1 Å². The Morgan fingerprint density at radius 3 is 3.14 bits per heavy atom.